The Morgan fingerprint density at radius 3 is 2.47 bits per heavy atom. The third kappa shape index (κ3) is 5.93. The molecule has 0 N–H and O–H groups in total. The Morgan fingerprint density at radius 1 is 1.29 bits per heavy atom. The molecule has 0 heterocycles. The molecule has 1 aromatic rings. The van der Waals surface area contributed by atoms with E-state index in [1.807, 2.05) is 12.1 Å². The molecule has 0 saturated carbocycles. The van der Waals surface area contributed by atoms with Gasteiger partial charge < -0.3 is 4.74 Å². The predicted octanol–water partition coefficient (Wildman–Crippen LogP) is 1.57. The summed E-state index contributed by atoms with van der Waals surface area (Å²) < 4.78 is 27.1. The summed E-state index contributed by atoms with van der Waals surface area (Å²) in [5.41, 5.74) is 0.941. The number of benzene rings is 1. The van der Waals surface area contributed by atoms with Crippen molar-refractivity contribution in [2.75, 3.05) is 18.6 Å². The second-order valence-electron chi connectivity index (χ2n) is 3.81. The van der Waals surface area contributed by atoms with Gasteiger partial charge >= 0.3 is 0 Å². The van der Waals surface area contributed by atoms with Crippen LogP contribution >= 0.6 is 0 Å². The standard InChI is InChI=1S/C12H15NO3S/c1-17(14,15)10-2-9-16-12-5-3-11(4-6-12)7-8-13/h3-6H,2,7,9-10H2,1H3. The quantitative estimate of drug-likeness (QED) is 0.722. The van der Waals surface area contributed by atoms with Crippen molar-refractivity contribution in [1.29, 1.82) is 5.26 Å². The Kier molecular flexibility index (Phi) is 4.98. The van der Waals surface area contributed by atoms with Crippen molar-refractivity contribution < 1.29 is 13.2 Å². The van der Waals surface area contributed by atoms with Gasteiger partial charge in [0.05, 0.1) is 24.8 Å². The molecule has 0 aliphatic rings. The van der Waals surface area contributed by atoms with E-state index >= 15 is 0 Å². The molecule has 17 heavy (non-hydrogen) atoms. The number of ether oxygens (including phenoxy) is 1. The minimum absolute atomic E-state index is 0.138. The molecule has 0 aliphatic carbocycles. The number of hydrogen-bond donors (Lipinski definition) is 0. The topological polar surface area (TPSA) is 67.2 Å². The normalized spacial score (nSPS) is 10.8. The van der Waals surface area contributed by atoms with Crippen LogP contribution in [0.1, 0.15) is 12.0 Å². The van der Waals surface area contributed by atoms with Crippen LogP contribution in [0.5, 0.6) is 5.75 Å². The first-order valence-electron chi connectivity index (χ1n) is 5.28. The van der Waals surface area contributed by atoms with E-state index in [0.717, 1.165) is 5.56 Å². The summed E-state index contributed by atoms with van der Waals surface area (Å²) >= 11 is 0. The van der Waals surface area contributed by atoms with Gasteiger partial charge in [0.1, 0.15) is 15.6 Å². The Hall–Kier alpha value is -1.54. The zero-order valence-corrected chi connectivity index (χ0v) is 10.5. The van der Waals surface area contributed by atoms with Crippen LogP contribution in [0.2, 0.25) is 0 Å². The molecule has 0 atom stereocenters. The number of nitriles is 1. The highest BCUT2D eigenvalue weighted by molar-refractivity contribution is 7.90. The summed E-state index contributed by atoms with van der Waals surface area (Å²) in [5.74, 6) is 0.833. The van der Waals surface area contributed by atoms with Crippen molar-refractivity contribution in [2.45, 2.75) is 12.8 Å². The fourth-order valence-corrected chi connectivity index (χ4v) is 1.95. The van der Waals surface area contributed by atoms with Crippen LogP contribution in [0.15, 0.2) is 24.3 Å². The average molecular weight is 253 g/mol. The first-order valence-corrected chi connectivity index (χ1v) is 7.34. The Morgan fingerprint density at radius 2 is 1.94 bits per heavy atom. The highest BCUT2D eigenvalue weighted by Crippen LogP contribution is 2.12. The largest absolute Gasteiger partial charge is 0.494 e. The maximum Gasteiger partial charge on any atom is 0.147 e. The summed E-state index contributed by atoms with van der Waals surface area (Å²) in [6.45, 7) is 0.380. The van der Waals surface area contributed by atoms with E-state index in [-0.39, 0.29) is 5.75 Å². The maximum absolute atomic E-state index is 10.9. The highest BCUT2D eigenvalue weighted by Gasteiger charge is 2.01. The molecule has 0 bridgehead atoms. The first kappa shape index (κ1) is 13.5. The Labute approximate surface area is 102 Å². The van der Waals surface area contributed by atoms with E-state index in [0.29, 0.717) is 25.2 Å². The molecule has 0 aliphatic heterocycles. The monoisotopic (exact) mass is 253 g/mol. The lowest BCUT2D eigenvalue weighted by Gasteiger charge is -2.05. The fraction of sp³-hybridized carbons (Fsp3) is 0.417. The molecular weight excluding hydrogens is 238 g/mol. The minimum atomic E-state index is -2.91. The molecule has 0 unspecified atom stereocenters. The second kappa shape index (κ2) is 6.26. The highest BCUT2D eigenvalue weighted by atomic mass is 32.2. The minimum Gasteiger partial charge on any atom is -0.494 e. The molecule has 0 radical (unpaired) electrons. The smallest absolute Gasteiger partial charge is 0.147 e. The van der Waals surface area contributed by atoms with Gasteiger partial charge in [-0.25, -0.2) is 8.42 Å². The number of rotatable bonds is 6. The van der Waals surface area contributed by atoms with Crippen molar-refractivity contribution in [3.05, 3.63) is 29.8 Å². The van der Waals surface area contributed by atoms with E-state index in [1.165, 1.54) is 6.26 Å². The third-order valence-electron chi connectivity index (χ3n) is 2.13. The Bertz CT molecular complexity index is 485. The lowest BCUT2D eigenvalue weighted by Crippen LogP contribution is -2.07. The van der Waals surface area contributed by atoms with E-state index in [2.05, 4.69) is 6.07 Å². The maximum atomic E-state index is 10.9. The van der Waals surface area contributed by atoms with Crippen molar-refractivity contribution in [1.82, 2.24) is 0 Å². The van der Waals surface area contributed by atoms with E-state index < -0.39 is 9.84 Å². The van der Waals surface area contributed by atoms with Gasteiger partial charge in [0.25, 0.3) is 0 Å². The van der Waals surface area contributed by atoms with Gasteiger partial charge in [-0.3, -0.25) is 0 Å². The zero-order valence-electron chi connectivity index (χ0n) is 9.72. The van der Waals surface area contributed by atoms with Crippen LogP contribution in [-0.2, 0) is 16.3 Å². The molecule has 0 aromatic heterocycles. The SMILES string of the molecule is CS(=O)(=O)CCCOc1ccc(CC#N)cc1. The molecule has 0 spiro atoms. The van der Waals surface area contributed by atoms with E-state index in [9.17, 15) is 8.42 Å². The van der Waals surface area contributed by atoms with Crippen LogP contribution in [0.3, 0.4) is 0 Å². The van der Waals surface area contributed by atoms with Crippen molar-refractivity contribution in [3.8, 4) is 11.8 Å². The van der Waals surface area contributed by atoms with Gasteiger partial charge in [-0.1, -0.05) is 12.1 Å². The van der Waals surface area contributed by atoms with E-state index in [4.69, 9.17) is 10.00 Å². The molecule has 92 valence electrons. The summed E-state index contributed by atoms with van der Waals surface area (Å²) in [6, 6.07) is 9.29. The lowest BCUT2D eigenvalue weighted by molar-refractivity contribution is 0.317. The van der Waals surface area contributed by atoms with Crippen LogP contribution < -0.4 is 4.74 Å². The van der Waals surface area contributed by atoms with Crippen LogP contribution in [-0.4, -0.2) is 27.0 Å². The van der Waals surface area contributed by atoms with Gasteiger partial charge in [0.2, 0.25) is 0 Å². The molecule has 5 heteroatoms. The van der Waals surface area contributed by atoms with Crippen LogP contribution in [0.4, 0.5) is 0 Å². The zero-order chi connectivity index (χ0) is 12.7. The fourth-order valence-electron chi connectivity index (χ4n) is 1.31. The average Bonchev–Trinajstić information content (AvgIpc) is 2.26. The van der Waals surface area contributed by atoms with Crippen molar-refractivity contribution in [2.24, 2.45) is 0 Å². The van der Waals surface area contributed by atoms with Crippen molar-refractivity contribution >= 4 is 9.84 Å². The molecule has 1 aromatic carbocycles. The summed E-state index contributed by atoms with van der Waals surface area (Å²) in [6.07, 6.45) is 2.08. The third-order valence-corrected chi connectivity index (χ3v) is 3.16. The summed E-state index contributed by atoms with van der Waals surface area (Å²) in [4.78, 5) is 0. The molecule has 4 nitrogen and oxygen atoms in total. The predicted molar refractivity (Wildman–Crippen MR) is 65.6 cm³/mol. The van der Waals surface area contributed by atoms with Crippen LogP contribution in [0.25, 0.3) is 0 Å². The van der Waals surface area contributed by atoms with Crippen molar-refractivity contribution in [3.63, 3.8) is 0 Å². The van der Waals surface area contributed by atoms with Gasteiger partial charge in [-0.15, -0.1) is 0 Å². The number of hydrogen-bond acceptors (Lipinski definition) is 4. The number of nitrogens with zero attached hydrogens (tertiary/aromatic N) is 1. The second-order valence-corrected chi connectivity index (χ2v) is 6.07. The van der Waals surface area contributed by atoms with Gasteiger partial charge in [0, 0.05) is 6.26 Å². The number of sulfone groups is 1. The molecule has 0 fully saturated rings. The van der Waals surface area contributed by atoms with E-state index in [1.54, 1.807) is 12.1 Å². The molecular formula is C12H15NO3S. The van der Waals surface area contributed by atoms with Crippen LogP contribution in [0, 0.1) is 11.3 Å². The summed E-state index contributed by atoms with van der Waals surface area (Å²) in [5, 5.41) is 8.50. The Balaban J connectivity index is 2.35. The van der Waals surface area contributed by atoms with Gasteiger partial charge in [-0.05, 0) is 24.1 Å². The first-order chi connectivity index (χ1) is 8.01. The molecule has 0 amide bonds. The van der Waals surface area contributed by atoms with Gasteiger partial charge in [0.15, 0.2) is 0 Å². The molecule has 0 saturated heterocycles. The summed E-state index contributed by atoms with van der Waals surface area (Å²) in [7, 11) is -2.91. The van der Waals surface area contributed by atoms with Gasteiger partial charge in [-0.2, -0.15) is 5.26 Å². The molecule has 1 rings (SSSR count). The lowest BCUT2D eigenvalue weighted by atomic mass is 10.2.